The topological polar surface area (TPSA) is 12.0 Å². The van der Waals surface area contributed by atoms with Gasteiger partial charge in [-0.25, -0.2) is 0 Å². The maximum atomic E-state index is 3.78. The second kappa shape index (κ2) is 6.76. The third-order valence-electron chi connectivity index (χ3n) is 4.87. The fourth-order valence-electron chi connectivity index (χ4n) is 3.46. The second-order valence-electron chi connectivity index (χ2n) is 7.64. The molecule has 1 saturated carbocycles. The lowest BCUT2D eigenvalue weighted by Crippen LogP contribution is -2.28. The van der Waals surface area contributed by atoms with Crippen molar-refractivity contribution >= 4 is 0 Å². The lowest BCUT2D eigenvalue weighted by atomic mass is 9.76. The maximum Gasteiger partial charge on any atom is 0.0208 e. The molecule has 112 valence electrons. The molecule has 1 heteroatoms. The van der Waals surface area contributed by atoms with Crippen molar-refractivity contribution in [3.8, 4) is 0 Å². The first-order valence-corrected chi connectivity index (χ1v) is 8.24. The molecular formula is C19H31N. The molecule has 0 aromatic heterocycles. The van der Waals surface area contributed by atoms with Gasteiger partial charge in [0.05, 0.1) is 0 Å². The smallest absolute Gasteiger partial charge is 0.0208 e. The van der Waals surface area contributed by atoms with Crippen LogP contribution in [0.4, 0.5) is 0 Å². The van der Waals surface area contributed by atoms with Crippen LogP contribution in [-0.2, 0) is 6.54 Å². The first-order valence-electron chi connectivity index (χ1n) is 8.24. The summed E-state index contributed by atoms with van der Waals surface area (Å²) in [4.78, 5) is 0. The van der Waals surface area contributed by atoms with Crippen molar-refractivity contribution in [1.29, 1.82) is 0 Å². The summed E-state index contributed by atoms with van der Waals surface area (Å²) in [5.41, 5.74) is 3.26. The first-order chi connectivity index (χ1) is 9.45. The van der Waals surface area contributed by atoms with Gasteiger partial charge in [-0.3, -0.25) is 0 Å². The van der Waals surface area contributed by atoms with Gasteiger partial charge >= 0.3 is 0 Å². The van der Waals surface area contributed by atoms with Gasteiger partial charge < -0.3 is 5.32 Å². The van der Waals surface area contributed by atoms with Crippen molar-refractivity contribution in [2.45, 2.75) is 72.4 Å². The average Bonchev–Trinajstić information content (AvgIpc) is 2.61. The van der Waals surface area contributed by atoms with E-state index in [1.165, 1.54) is 43.2 Å². The number of rotatable bonds is 3. The molecule has 0 radical (unpaired) electrons. The summed E-state index contributed by atoms with van der Waals surface area (Å²) in [5.74, 6) is 0.897. The predicted molar refractivity (Wildman–Crippen MR) is 87.8 cm³/mol. The van der Waals surface area contributed by atoms with E-state index >= 15 is 0 Å². The molecule has 0 bridgehead atoms. The van der Waals surface area contributed by atoms with Crippen molar-refractivity contribution in [2.75, 3.05) is 0 Å². The third kappa shape index (κ3) is 4.63. The molecule has 1 N–H and O–H groups in total. The van der Waals surface area contributed by atoms with E-state index in [9.17, 15) is 0 Å². The highest BCUT2D eigenvalue weighted by Crippen LogP contribution is 2.36. The van der Waals surface area contributed by atoms with Crippen molar-refractivity contribution in [2.24, 2.45) is 11.3 Å². The van der Waals surface area contributed by atoms with E-state index in [1.54, 1.807) is 0 Å². The standard InChI is InChI=1S/C19H31N/c1-15-7-5-8-16(13-15)14-20-18-10-6-9-17(11-12-18)19(2,3)4/h5,7-8,13,17-18,20H,6,9-12,14H2,1-4H3. The van der Waals surface area contributed by atoms with E-state index in [0.29, 0.717) is 11.5 Å². The van der Waals surface area contributed by atoms with E-state index in [0.717, 1.165) is 12.5 Å². The molecule has 1 nitrogen and oxygen atoms in total. The predicted octanol–water partition coefficient (Wildman–Crippen LogP) is 5.08. The fraction of sp³-hybridized carbons (Fsp3) is 0.684. The number of hydrogen-bond acceptors (Lipinski definition) is 1. The third-order valence-corrected chi connectivity index (χ3v) is 4.87. The minimum Gasteiger partial charge on any atom is -0.310 e. The molecule has 0 heterocycles. The summed E-state index contributed by atoms with van der Waals surface area (Å²) in [6.45, 7) is 10.4. The van der Waals surface area contributed by atoms with Crippen LogP contribution < -0.4 is 5.32 Å². The summed E-state index contributed by atoms with van der Waals surface area (Å²) < 4.78 is 0. The van der Waals surface area contributed by atoms with Crippen molar-refractivity contribution in [3.63, 3.8) is 0 Å². The summed E-state index contributed by atoms with van der Waals surface area (Å²) in [5, 5.41) is 3.78. The Balaban J connectivity index is 1.83. The Morgan fingerprint density at radius 1 is 1.10 bits per heavy atom. The number of hydrogen-bond donors (Lipinski definition) is 1. The Kier molecular flexibility index (Phi) is 5.26. The van der Waals surface area contributed by atoms with Crippen LogP contribution in [0.2, 0.25) is 0 Å². The Bertz CT molecular complexity index is 416. The lowest BCUT2D eigenvalue weighted by Gasteiger charge is -2.29. The van der Waals surface area contributed by atoms with Crippen LogP contribution in [0.25, 0.3) is 0 Å². The van der Waals surface area contributed by atoms with Crippen molar-refractivity contribution in [1.82, 2.24) is 5.32 Å². The molecule has 1 fully saturated rings. The van der Waals surface area contributed by atoms with Crippen LogP contribution in [0.1, 0.15) is 64.0 Å². The molecule has 1 aromatic rings. The summed E-state index contributed by atoms with van der Waals surface area (Å²) in [7, 11) is 0. The highest BCUT2D eigenvalue weighted by atomic mass is 14.9. The monoisotopic (exact) mass is 273 g/mol. The minimum absolute atomic E-state index is 0.478. The molecule has 2 unspecified atom stereocenters. The Hall–Kier alpha value is -0.820. The summed E-state index contributed by atoms with van der Waals surface area (Å²) in [6.07, 6.45) is 6.86. The average molecular weight is 273 g/mol. The van der Waals surface area contributed by atoms with Crippen LogP contribution in [-0.4, -0.2) is 6.04 Å². The largest absolute Gasteiger partial charge is 0.310 e. The molecule has 1 aliphatic rings. The van der Waals surface area contributed by atoms with Gasteiger partial charge in [0.1, 0.15) is 0 Å². The zero-order chi connectivity index (χ0) is 14.6. The molecular weight excluding hydrogens is 242 g/mol. The molecule has 0 saturated heterocycles. The molecule has 0 amide bonds. The van der Waals surface area contributed by atoms with Gasteiger partial charge in [-0.2, -0.15) is 0 Å². The fourth-order valence-corrected chi connectivity index (χ4v) is 3.46. The molecule has 0 aliphatic heterocycles. The van der Waals surface area contributed by atoms with Crippen LogP contribution in [0.3, 0.4) is 0 Å². The van der Waals surface area contributed by atoms with Crippen molar-refractivity contribution < 1.29 is 0 Å². The maximum absolute atomic E-state index is 3.78. The first kappa shape index (κ1) is 15.6. The van der Waals surface area contributed by atoms with Gasteiger partial charge in [0.15, 0.2) is 0 Å². The van der Waals surface area contributed by atoms with Crippen LogP contribution in [0.15, 0.2) is 24.3 Å². The van der Waals surface area contributed by atoms with E-state index in [2.05, 4.69) is 57.3 Å². The Morgan fingerprint density at radius 3 is 2.60 bits per heavy atom. The molecule has 1 aromatic carbocycles. The van der Waals surface area contributed by atoms with Crippen LogP contribution >= 0.6 is 0 Å². The number of nitrogens with one attached hydrogen (secondary N) is 1. The lowest BCUT2D eigenvalue weighted by molar-refractivity contribution is 0.213. The molecule has 2 atom stereocenters. The summed E-state index contributed by atoms with van der Waals surface area (Å²) >= 11 is 0. The summed E-state index contributed by atoms with van der Waals surface area (Å²) in [6, 6.07) is 9.57. The van der Waals surface area contributed by atoms with Gasteiger partial charge in [-0.05, 0) is 49.5 Å². The van der Waals surface area contributed by atoms with E-state index < -0.39 is 0 Å². The van der Waals surface area contributed by atoms with Gasteiger partial charge in [0, 0.05) is 12.6 Å². The number of benzene rings is 1. The zero-order valence-electron chi connectivity index (χ0n) is 13.7. The Labute approximate surface area is 125 Å². The van der Waals surface area contributed by atoms with Crippen LogP contribution in [0, 0.1) is 18.3 Å². The zero-order valence-corrected chi connectivity index (χ0v) is 13.7. The molecule has 20 heavy (non-hydrogen) atoms. The Morgan fingerprint density at radius 2 is 1.90 bits per heavy atom. The highest BCUT2D eigenvalue weighted by Gasteiger charge is 2.27. The quantitative estimate of drug-likeness (QED) is 0.757. The van der Waals surface area contributed by atoms with Gasteiger partial charge in [-0.1, -0.05) is 57.0 Å². The van der Waals surface area contributed by atoms with Crippen molar-refractivity contribution in [3.05, 3.63) is 35.4 Å². The normalized spacial score (nSPS) is 24.4. The molecule has 1 aliphatic carbocycles. The van der Waals surface area contributed by atoms with E-state index in [1.807, 2.05) is 0 Å². The van der Waals surface area contributed by atoms with Gasteiger partial charge in [0.2, 0.25) is 0 Å². The SMILES string of the molecule is Cc1cccc(CNC2CCCC(C(C)(C)C)CC2)c1. The van der Waals surface area contributed by atoms with E-state index in [-0.39, 0.29) is 0 Å². The van der Waals surface area contributed by atoms with Gasteiger partial charge in [0.25, 0.3) is 0 Å². The highest BCUT2D eigenvalue weighted by molar-refractivity contribution is 5.22. The van der Waals surface area contributed by atoms with Crippen LogP contribution in [0.5, 0.6) is 0 Å². The minimum atomic E-state index is 0.478. The van der Waals surface area contributed by atoms with Gasteiger partial charge in [-0.15, -0.1) is 0 Å². The number of aryl methyl sites for hydroxylation is 1. The molecule has 0 spiro atoms. The second-order valence-corrected chi connectivity index (χ2v) is 7.64. The molecule has 2 rings (SSSR count). The van der Waals surface area contributed by atoms with E-state index in [4.69, 9.17) is 0 Å².